The smallest absolute Gasteiger partial charge is 0.254 e. The van der Waals surface area contributed by atoms with Crippen molar-refractivity contribution in [1.82, 2.24) is 20.1 Å². The number of methoxy groups -OCH3 is 2. The van der Waals surface area contributed by atoms with Gasteiger partial charge in [-0.1, -0.05) is 17.7 Å². The van der Waals surface area contributed by atoms with E-state index in [0.29, 0.717) is 46.9 Å². The number of nitrogens with zero attached hydrogens (tertiary/aromatic N) is 3. The van der Waals surface area contributed by atoms with E-state index < -0.39 is 0 Å². The largest absolute Gasteiger partial charge is 0.493 e. The lowest BCUT2D eigenvalue weighted by molar-refractivity contribution is 0.0954. The molecule has 0 bridgehead atoms. The van der Waals surface area contributed by atoms with Crippen LogP contribution in [0.3, 0.4) is 0 Å². The van der Waals surface area contributed by atoms with Crippen molar-refractivity contribution in [1.29, 1.82) is 0 Å². The summed E-state index contributed by atoms with van der Waals surface area (Å²) in [6.45, 7) is 2.19. The van der Waals surface area contributed by atoms with Crippen LogP contribution in [-0.2, 0) is 6.42 Å². The molecule has 4 rings (SSSR count). The molecular formula is C24H22ClFN4O3. The van der Waals surface area contributed by atoms with Gasteiger partial charge >= 0.3 is 0 Å². The number of hydrogen-bond acceptors (Lipinski definition) is 5. The summed E-state index contributed by atoms with van der Waals surface area (Å²) in [6, 6.07) is 11.5. The van der Waals surface area contributed by atoms with Gasteiger partial charge in [-0.05, 0) is 55.3 Å². The number of carbonyl (C=O) groups excluding carboxylic acids is 1. The number of aryl methyl sites for hydroxylation is 1. The fourth-order valence-corrected chi connectivity index (χ4v) is 3.94. The molecule has 33 heavy (non-hydrogen) atoms. The number of hydrogen-bond donors (Lipinski definition) is 1. The Hall–Kier alpha value is -3.65. The number of benzene rings is 2. The maximum Gasteiger partial charge on any atom is 0.254 e. The molecule has 0 unspecified atom stereocenters. The molecule has 0 atom stereocenters. The Kier molecular flexibility index (Phi) is 6.46. The molecule has 2 heterocycles. The van der Waals surface area contributed by atoms with Crippen molar-refractivity contribution in [2.75, 3.05) is 20.8 Å². The van der Waals surface area contributed by atoms with Gasteiger partial charge in [-0.15, -0.1) is 0 Å². The predicted octanol–water partition coefficient (Wildman–Crippen LogP) is 4.51. The summed E-state index contributed by atoms with van der Waals surface area (Å²) in [7, 11) is 3.16. The molecular weight excluding hydrogens is 447 g/mol. The molecule has 9 heteroatoms. The Morgan fingerprint density at radius 3 is 2.55 bits per heavy atom. The SMILES string of the molecule is COc1ccc(CCNC(=O)c2cnc3c(c(C)nn3-c3ccc(F)cc3)c2Cl)cc1OC. The van der Waals surface area contributed by atoms with Gasteiger partial charge in [0.2, 0.25) is 0 Å². The first-order valence-electron chi connectivity index (χ1n) is 10.2. The van der Waals surface area contributed by atoms with Crippen LogP contribution in [0.1, 0.15) is 21.6 Å². The molecule has 2 aromatic heterocycles. The summed E-state index contributed by atoms with van der Waals surface area (Å²) in [5.74, 6) is 0.606. The van der Waals surface area contributed by atoms with E-state index in [2.05, 4.69) is 15.4 Å². The summed E-state index contributed by atoms with van der Waals surface area (Å²) in [6.07, 6.45) is 2.03. The molecule has 0 aliphatic rings. The van der Waals surface area contributed by atoms with Gasteiger partial charge < -0.3 is 14.8 Å². The summed E-state index contributed by atoms with van der Waals surface area (Å²) < 4.78 is 25.4. The average molecular weight is 469 g/mol. The highest BCUT2D eigenvalue weighted by Gasteiger charge is 2.20. The van der Waals surface area contributed by atoms with Gasteiger partial charge in [0.15, 0.2) is 17.1 Å². The number of pyridine rings is 1. The highest BCUT2D eigenvalue weighted by molar-refractivity contribution is 6.38. The van der Waals surface area contributed by atoms with Crippen molar-refractivity contribution in [3.8, 4) is 17.2 Å². The highest BCUT2D eigenvalue weighted by atomic mass is 35.5. The number of amides is 1. The minimum Gasteiger partial charge on any atom is -0.493 e. The number of carbonyl (C=O) groups is 1. The molecule has 170 valence electrons. The topological polar surface area (TPSA) is 78.3 Å². The first kappa shape index (κ1) is 22.5. The van der Waals surface area contributed by atoms with E-state index in [9.17, 15) is 9.18 Å². The van der Waals surface area contributed by atoms with E-state index in [4.69, 9.17) is 21.1 Å². The van der Waals surface area contributed by atoms with Crippen LogP contribution in [0.15, 0.2) is 48.7 Å². The molecule has 0 fully saturated rings. The Morgan fingerprint density at radius 2 is 1.85 bits per heavy atom. The molecule has 4 aromatic rings. The Bertz CT molecular complexity index is 1320. The lowest BCUT2D eigenvalue weighted by Crippen LogP contribution is -2.26. The highest BCUT2D eigenvalue weighted by Crippen LogP contribution is 2.30. The fraction of sp³-hybridized carbons (Fsp3) is 0.208. The molecule has 0 radical (unpaired) electrons. The minimum atomic E-state index is -0.343. The van der Waals surface area contributed by atoms with Crippen molar-refractivity contribution >= 4 is 28.5 Å². The summed E-state index contributed by atoms with van der Waals surface area (Å²) in [5.41, 5.74) is 3.00. The van der Waals surface area contributed by atoms with Crippen LogP contribution >= 0.6 is 11.6 Å². The minimum absolute atomic E-state index is 0.262. The maximum absolute atomic E-state index is 13.3. The quantitative estimate of drug-likeness (QED) is 0.431. The summed E-state index contributed by atoms with van der Waals surface area (Å²) in [5, 5.41) is 8.21. The molecule has 2 aromatic carbocycles. The lowest BCUT2D eigenvalue weighted by atomic mass is 10.1. The van der Waals surface area contributed by atoms with Crippen molar-refractivity contribution in [3.63, 3.8) is 0 Å². The van der Waals surface area contributed by atoms with Gasteiger partial charge in [0.05, 0.1) is 41.6 Å². The second kappa shape index (κ2) is 9.46. The molecule has 0 spiro atoms. The van der Waals surface area contributed by atoms with Gasteiger partial charge in [0, 0.05) is 12.7 Å². The van der Waals surface area contributed by atoms with E-state index in [-0.39, 0.29) is 22.3 Å². The molecule has 0 aliphatic heterocycles. The number of ether oxygens (including phenoxy) is 2. The number of aromatic nitrogens is 3. The molecule has 7 nitrogen and oxygen atoms in total. The van der Waals surface area contributed by atoms with Gasteiger partial charge in [0.25, 0.3) is 5.91 Å². The molecule has 0 saturated heterocycles. The monoisotopic (exact) mass is 468 g/mol. The van der Waals surface area contributed by atoms with Crippen molar-refractivity contribution in [3.05, 3.63) is 76.3 Å². The van der Waals surface area contributed by atoms with Crippen molar-refractivity contribution in [2.45, 2.75) is 13.3 Å². The van der Waals surface area contributed by atoms with Crippen LogP contribution in [0.25, 0.3) is 16.7 Å². The van der Waals surface area contributed by atoms with Gasteiger partial charge in [0.1, 0.15) is 5.82 Å². The molecule has 0 saturated carbocycles. The zero-order chi connectivity index (χ0) is 23.5. The van der Waals surface area contributed by atoms with E-state index >= 15 is 0 Å². The predicted molar refractivity (Wildman–Crippen MR) is 124 cm³/mol. The number of halogens is 2. The Labute approximate surface area is 195 Å². The second-order valence-corrected chi connectivity index (χ2v) is 7.73. The van der Waals surface area contributed by atoms with Crippen molar-refractivity contribution < 1.29 is 18.7 Å². The Morgan fingerprint density at radius 1 is 1.12 bits per heavy atom. The summed E-state index contributed by atoms with van der Waals surface area (Å²) in [4.78, 5) is 17.2. The third kappa shape index (κ3) is 4.47. The van der Waals surface area contributed by atoms with Gasteiger partial charge in [-0.3, -0.25) is 4.79 Å². The van der Waals surface area contributed by atoms with Crippen LogP contribution in [0.4, 0.5) is 4.39 Å². The van der Waals surface area contributed by atoms with Crippen LogP contribution in [-0.4, -0.2) is 41.4 Å². The van der Waals surface area contributed by atoms with E-state index in [1.165, 1.54) is 18.3 Å². The van der Waals surface area contributed by atoms with Crippen LogP contribution in [0.2, 0.25) is 5.02 Å². The van der Waals surface area contributed by atoms with Crippen molar-refractivity contribution in [2.24, 2.45) is 0 Å². The molecule has 0 aliphatic carbocycles. The first-order valence-corrected chi connectivity index (χ1v) is 10.6. The number of nitrogens with one attached hydrogen (secondary N) is 1. The summed E-state index contributed by atoms with van der Waals surface area (Å²) >= 11 is 6.59. The van der Waals surface area contributed by atoms with Crippen LogP contribution in [0, 0.1) is 12.7 Å². The zero-order valence-corrected chi connectivity index (χ0v) is 19.1. The number of rotatable bonds is 7. The number of fused-ring (bicyclic) bond motifs is 1. The third-order valence-corrected chi connectivity index (χ3v) is 5.66. The standard InChI is InChI=1S/C24H22ClFN4O3/c1-14-21-22(25)18(13-28-23(21)30(29-14)17-7-5-16(26)6-8-17)24(31)27-11-10-15-4-9-19(32-2)20(12-15)33-3/h4-9,12-13H,10-11H2,1-3H3,(H,27,31). The van der Waals surface area contributed by atoms with Crippen LogP contribution < -0.4 is 14.8 Å². The van der Waals surface area contributed by atoms with E-state index in [1.54, 1.807) is 38.0 Å². The first-order chi connectivity index (χ1) is 15.9. The lowest BCUT2D eigenvalue weighted by Gasteiger charge is -2.11. The second-order valence-electron chi connectivity index (χ2n) is 7.35. The normalized spacial score (nSPS) is 10.9. The maximum atomic E-state index is 13.3. The third-order valence-electron chi connectivity index (χ3n) is 5.27. The van der Waals surface area contributed by atoms with Gasteiger partial charge in [-0.25, -0.2) is 14.1 Å². The fourth-order valence-electron chi connectivity index (χ4n) is 3.58. The van der Waals surface area contributed by atoms with E-state index in [1.807, 2.05) is 18.2 Å². The van der Waals surface area contributed by atoms with E-state index in [0.717, 1.165) is 5.56 Å². The molecule has 1 N–H and O–H groups in total. The Balaban J connectivity index is 1.52. The average Bonchev–Trinajstić information content (AvgIpc) is 3.16. The molecule has 1 amide bonds. The zero-order valence-electron chi connectivity index (χ0n) is 18.4. The van der Waals surface area contributed by atoms with Gasteiger partial charge in [-0.2, -0.15) is 5.10 Å². The van der Waals surface area contributed by atoms with Crippen LogP contribution in [0.5, 0.6) is 11.5 Å².